The van der Waals surface area contributed by atoms with E-state index in [1.165, 1.54) is 17.6 Å². The van der Waals surface area contributed by atoms with Gasteiger partial charge in [-0.2, -0.15) is 0 Å². The molecule has 0 N–H and O–H groups in total. The third kappa shape index (κ3) is 3.86. The zero-order chi connectivity index (χ0) is 16.1. The van der Waals surface area contributed by atoms with Gasteiger partial charge in [0, 0.05) is 6.54 Å². The van der Waals surface area contributed by atoms with Crippen LogP contribution in [-0.2, 0) is 4.79 Å². The van der Waals surface area contributed by atoms with Crippen molar-refractivity contribution in [3.8, 4) is 0 Å². The van der Waals surface area contributed by atoms with E-state index in [2.05, 4.69) is 37.3 Å². The van der Waals surface area contributed by atoms with E-state index in [1.807, 2.05) is 11.0 Å². The van der Waals surface area contributed by atoms with Gasteiger partial charge >= 0.3 is 0 Å². The number of carbonyl (C=O) groups excluding carboxylic acids is 1. The van der Waals surface area contributed by atoms with Gasteiger partial charge in [0.05, 0.1) is 11.8 Å². The summed E-state index contributed by atoms with van der Waals surface area (Å²) in [5.41, 5.74) is 2.58. The molecule has 0 radical (unpaired) electrons. The van der Waals surface area contributed by atoms with E-state index < -0.39 is 0 Å². The standard InChI is InChI=1S/C19H24N2OS/c1-2-3-13-21-18(22)14-23-19(21)20-17-12-8-7-11-16(17)15-9-5-4-6-10-15/h4-6,9-11,17H,2-3,7-8,12-14H2,1H3. The van der Waals surface area contributed by atoms with Crippen LogP contribution in [0.2, 0.25) is 0 Å². The molecular weight excluding hydrogens is 304 g/mol. The number of carbonyl (C=O) groups is 1. The van der Waals surface area contributed by atoms with Gasteiger partial charge in [-0.15, -0.1) is 0 Å². The zero-order valence-electron chi connectivity index (χ0n) is 13.7. The molecule has 1 heterocycles. The number of allylic oxidation sites excluding steroid dienone is 1. The van der Waals surface area contributed by atoms with E-state index in [4.69, 9.17) is 4.99 Å². The van der Waals surface area contributed by atoms with Gasteiger partial charge in [-0.25, -0.2) is 0 Å². The summed E-state index contributed by atoms with van der Waals surface area (Å²) in [5, 5.41) is 0.928. The van der Waals surface area contributed by atoms with Crippen LogP contribution in [0.5, 0.6) is 0 Å². The molecule has 1 aliphatic carbocycles. The SMILES string of the molecule is CCCCN1C(=O)CSC1=NC1CCCC=C1c1ccccc1. The average molecular weight is 328 g/mol. The molecule has 1 aromatic carbocycles. The minimum atomic E-state index is 0.184. The number of amidine groups is 1. The van der Waals surface area contributed by atoms with Crippen LogP contribution in [0.25, 0.3) is 5.57 Å². The molecule has 4 heteroatoms. The summed E-state index contributed by atoms with van der Waals surface area (Å²) in [6, 6.07) is 10.7. The Morgan fingerprint density at radius 3 is 2.91 bits per heavy atom. The first-order chi connectivity index (χ1) is 11.3. The number of amides is 1. The normalized spacial score (nSPS) is 23.4. The van der Waals surface area contributed by atoms with Gasteiger partial charge in [0.25, 0.3) is 0 Å². The van der Waals surface area contributed by atoms with Crippen molar-refractivity contribution in [3.63, 3.8) is 0 Å². The maximum Gasteiger partial charge on any atom is 0.239 e. The average Bonchev–Trinajstić information content (AvgIpc) is 2.94. The topological polar surface area (TPSA) is 32.7 Å². The van der Waals surface area contributed by atoms with Crippen LogP contribution >= 0.6 is 11.8 Å². The minimum Gasteiger partial charge on any atom is -0.291 e. The van der Waals surface area contributed by atoms with E-state index in [9.17, 15) is 4.79 Å². The highest BCUT2D eigenvalue weighted by Crippen LogP contribution is 2.31. The molecule has 2 aliphatic rings. The summed E-state index contributed by atoms with van der Waals surface area (Å²) in [6.07, 6.45) is 7.83. The Morgan fingerprint density at radius 1 is 1.30 bits per heavy atom. The third-order valence-corrected chi connectivity index (χ3v) is 5.35. The molecule has 1 fully saturated rings. The molecule has 1 amide bonds. The maximum absolute atomic E-state index is 12.1. The molecule has 3 nitrogen and oxygen atoms in total. The molecular formula is C19H24N2OS. The summed E-state index contributed by atoms with van der Waals surface area (Å²) >= 11 is 1.60. The van der Waals surface area contributed by atoms with Crippen LogP contribution in [0.4, 0.5) is 0 Å². The first kappa shape index (κ1) is 16.3. The van der Waals surface area contributed by atoms with E-state index in [-0.39, 0.29) is 11.9 Å². The maximum atomic E-state index is 12.1. The lowest BCUT2D eigenvalue weighted by Gasteiger charge is -2.24. The van der Waals surface area contributed by atoms with Crippen molar-refractivity contribution in [1.82, 2.24) is 4.90 Å². The predicted molar refractivity (Wildman–Crippen MR) is 98.6 cm³/mol. The monoisotopic (exact) mass is 328 g/mol. The van der Waals surface area contributed by atoms with Crippen LogP contribution in [0, 0.1) is 0 Å². The van der Waals surface area contributed by atoms with Crippen LogP contribution < -0.4 is 0 Å². The van der Waals surface area contributed by atoms with E-state index in [1.54, 1.807) is 11.8 Å². The molecule has 23 heavy (non-hydrogen) atoms. The second-order valence-electron chi connectivity index (χ2n) is 6.07. The lowest BCUT2D eigenvalue weighted by molar-refractivity contribution is -0.124. The molecule has 1 unspecified atom stereocenters. The number of nitrogens with zero attached hydrogens (tertiary/aromatic N) is 2. The molecule has 1 saturated heterocycles. The van der Waals surface area contributed by atoms with Crippen LogP contribution in [0.1, 0.15) is 44.6 Å². The Kier molecular flexibility index (Phi) is 5.55. The van der Waals surface area contributed by atoms with Crippen LogP contribution in [0.3, 0.4) is 0 Å². The van der Waals surface area contributed by atoms with Crippen molar-refractivity contribution in [2.75, 3.05) is 12.3 Å². The molecule has 0 aromatic heterocycles. The Hall–Kier alpha value is -1.55. The highest BCUT2D eigenvalue weighted by atomic mass is 32.2. The van der Waals surface area contributed by atoms with Gasteiger partial charge in [0.1, 0.15) is 0 Å². The fraction of sp³-hybridized carbons (Fsp3) is 0.474. The lowest BCUT2D eigenvalue weighted by atomic mass is 9.89. The fourth-order valence-corrected chi connectivity index (χ4v) is 4.06. The molecule has 1 aromatic rings. The minimum absolute atomic E-state index is 0.184. The van der Waals surface area contributed by atoms with E-state index >= 15 is 0 Å². The van der Waals surface area contributed by atoms with Gasteiger partial charge in [0.2, 0.25) is 5.91 Å². The van der Waals surface area contributed by atoms with Crippen LogP contribution in [-0.4, -0.2) is 34.3 Å². The molecule has 0 spiro atoms. The number of hydrogen-bond acceptors (Lipinski definition) is 3. The van der Waals surface area contributed by atoms with Gasteiger partial charge in [-0.05, 0) is 36.8 Å². The summed E-state index contributed by atoms with van der Waals surface area (Å²) in [6.45, 7) is 2.96. The summed E-state index contributed by atoms with van der Waals surface area (Å²) in [5.74, 6) is 0.753. The summed E-state index contributed by atoms with van der Waals surface area (Å²) in [4.78, 5) is 19.0. The third-order valence-electron chi connectivity index (χ3n) is 4.37. The molecule has 1 aliphatic heterocycles. The second-order valence-corrected chi connectivity index (χ2v) is 7.01. The quantitative estimate of drug-likeness (QED) is 0.805. The van der Waals surface area contributed by atoms with E-state index in [0.29, 0.717) is 5.75 Å². The second kappa shape index (κ2) is 7.82. The zero-order valence-corrected chi connectivity index (χ0v) is 14.5. The lowest BCUT2D eigenvalue weighted by Crippen LogP contribution is -2.31. The van der Waals surface area contributed by atoms with Crippen molar-refractivity contribution in [3.05, 3.63) is 42.0 Å². The molecule has 1 atom stereocenters. The highest BCUT2D eigenvalue weighted by molar-refractivity contribution is 8.15. The Bertz CT molecular complexity index is 609. The number of unbranched alkanes of at least 4 members (excludes halogenated alkanes) is 1. The Labute approximate surface area is 142 Å². The summed E-state index contributed by atoms with van der Waals surface area (Å²) < 4.78 is 0. The Morgan fingerprint density at radius 2 is 2.13 bits per heavy atom. The molecule has 0 bridgehead atoms. The van der Waals surface area contributed by atoms with Crippen molar-refractivity contribution < 1.29 is 4.79 Å². The van der Waals surface area contributed by atoms with Gasteiger partial charge < -0.3 is 0 Å². The largest absolute Gasteiger partial charge is 0.291 e. The Balaban J connectivity index is 1.83. The summed E-state index contributed by atoms with van der Waals surface area (Å²) in [7, 11) is 0. The van der Waals surface area contributed by atoms with Crippen LogP contribution in [0.15, 0.2) is 41.4 Å². The molecule has 122 valence electrons. The molecule has 0 saturated carbocycles. The van der Waals surface area contributed by atoms with Crippen molar-refractivity contribution in [2.24, 2.45) is 4.99 Å². The first-order valence-corrected chi connectivity index (χ1v) is 9.54. The smallest absolute Gasteiger partial charge is 0.239 e. The predicted octanol–water partition coefficient (Wildman–Crippen LogP) is 4.35. The van der Waals surface area contributed by atoms with E-state index in [0.717, 1.165) is 37.4 Å². The first-order valence-electron chi connectivity index (χ1n) is 8.56. The van der Waals surface area contributed by atoms with Gasteiger partial charge in [-0.1, -0.05) is 61.5 Å². The van der Waals surface area contributed by atoms with Gasteiger partial charge in [0.15, 0.2) is 5.17 Å². The highest BCUT2D eigenvalue weighted by Gasteiger charge is 2.29. The number of thioether (sulfide) groups is 1. The van der Waals surface area contributed by atoms with Crippen molar-refractivity contribution in [1.29, 1.82) is 0 Å². The van der Waals surface area contributed by atoms with Crippen molar-refractivity contribution >= 4 is 28.4 Å². The number of aliphatic imine (C=N–C) groups is 1. The molecule has 3 rings (SSSR count). The fourth-order valence-electron chi connectivity index (χ4n) is 3.10. The van der Waals surface area contributed by atoms with Crippen molar-refractivity contribution in [2.45, 2.75) is 45.1 Å². The number of benzene rings is 1. The van der Waals surface area contributed by atoms with Gasteiger partial charge in [-0.3, -0.25) is 14.7 Å². The number of rotatable bonds is 5. The number of hydrogen-bond donors (Lipinski definition) is 0.